The Kier molecular flexibility index (Phi) is 4.57. The van der Waals surface area contributed by atoms with Crippen LogP contribution in [-0.2, 0) is 6.54 Å². The summed E-state index contributed by atoms with van der Waals surface area (Å²) in [5, 5.41) is 7.61. The smallest absolute Gasteiger partial charge is 0.251 e. The van der Waals surface area contributed by atoms with Gasteiger partial charge >= 0.3 is 0 Å². The van der Waals surface area contributed by atoms with E-state index in [0.29, 0.717) is 24.4 Å². The lowest BCUT2D eigenvalue weighted by atomic mass is 9.67. The van der Waals surface area contributed by atoms with Crippen molar-refractivity contribution in [2.75, 3.05) is 0 Å². The van der Waals surface area contributed by atoms with E-state index in [1.165, 1.54) is 19.3 Å². The number of benzene rings is 1. The molecule has 1 heterocycles. The van der Waals surface area contributed by atoms with Gasteiger partial charge in [-0.25, -0.2) is 0 Å². The van der Waals surface area contributed by atoms with Crippen LogP contribution in [0, 0.1) is 11.8 Å². The highest BCUT2D eigenvalue weighted by Gasteiger charge is 2.40. The summed E-state index contributed by atoms with van der Waals surface area (Å²) in [6.07, 6.45) is 9.39. The zero-order chi connectivity index (χ0) is 17.2. The molecule has 2 unspecified atom stereocenters. The number of hydrogen-bond donors (Lipinski definition) is 2. The lowest BCUT2D eigenvalue weighted by Crippen LogP contribution is -2.53. The van der Waals surface area contributed by atoms with Gasteiger partial charge in [-0.2, -0.15) is 5.10 Å². The molecule has 1 aromatic carbocycles. The molecule has 0 spiro atoms. The van der Waals surface area contributed by atoms with Crippen LogP contribution in [0.5, 0.6) is 0 Å². The van der Waals surface area contributed by atoms with Crippen molar-refractivity contribution in [1.82, 2.24) is 15.1 Å². The summed E-state index contributed by atoms with van der Waals surface area (Å²) in [7, 11) is 0. The highest BCUT2D eigenvalue weighted by Crippen LogP contribution is 2.39. The number of nitrogens with one attached hydrogen (secondary N) is 1. The van der Waals surface area contributed by atoms with Gasteiger partial charge in [-0.1, -0.05) is 24.6 Å². The van der Waals surface area contributed by atoms with E-state index in [1.54, 1.807) is 6.20 Å². The van der Waals surface area contributed by atoms with Crippen LogP contribution in [0.15, 0.2) is 42.7 Å². The first-order chi connectivity index (χ1) is 12.2. The fourth-order valence-corrected chi connectivity index (χ4v) is 4.70. The molecule has 1 amide bonds. The molecule has 132 valence electrons. The van der Waals surface area contributed by atoms with Gasteiger partial charge in [0, 0.05) is 30.0 Å². The van der Waals surface area contributed by atoms with E-state index in [0.717, 1.165) is 24.0 Å². The molecule has 2 aliphatic rings. The fourth-order valence-electron chi connectivity index (χ4n) is 4.70. The minimum absolute atomic E-state index is 0.0418. The number of hydrogen-bond acceptors (Lipinski definition) is 3. The highest BCUT2D eigenvalue weighted by molar-refractivity contribution is 5.95. The van der Waals surface area contributed by atoms with Gasteiger partial charge in [0.1, 0.15) is 0 Å². The molecule has 0 saturated heterocycles. The molecule has 2 saturated carbocycles. The van der Waals surface area contributed by atoms with Crippen LogP contribution in [-0.4, -0.2) is 27.8 Å². The van der Waals surface area contributed by atoms with E-state index in [4.69, 9.17) is 5.73 Å². The van der Waals surface area contributed by atoms with Gasteiger partial charge < -0.3 is 11.1 Å². The molecule has 1 aromatic heterocycles. The van der Waals surface area contributed by atoms with Crippen LogP contribution in [0.4, 0.5) is 0 Å². The molecule has 3 N–H and O–H groups in total. The Morgan fingerprint density at radius 3 is 2.68 bits per heavy atom. The zero-order valence-corrected chi connectivity index (χ0v) is 14.5. The normalized spacial score (nSPS) is 28.5. The fraction of sp³-hybridized carbons (Fsp3) is 0.500. The molecule has 4 rings (SSSR count). The summed E-state index contributed by atoms with van der Waals surface area (Å²) in [5.41, 5.74) is 7.96. The number of amides is 1. The van der Waals surface area contributed by atoms with E-state index in [2.05, 4.69) is 10.4 Å². The molecular formula is C20H26N4O. The molecule has 2 bridgehead atoms. The number of rotatable bonds is 4. The summed E-state index contributed by atoms with van der Waals surface area (Å²) in [4.78, 5) is 13.0. The number of fused-ring (bicyclic) bond motifs is 2. The van der Waals surface area contributed by atoms with E-state index in [1.807, 2.05) is 41.2 Å². The molecule has 2 aliphatic carbocycles. The number of nitrogens with two attached hydrogens (primary N) is 1. The average molecular weight is 338 g/mol. The van der Waals surface area contributed by atoms with Crippen LogP contribution in [0.2, 0.25) is 0 Å². The molecule has 2 fully saturated rings. The quantitative estimate of drug-likeness (QED) is 0.900. The third kappa shape index (κ3) is 3.47. The van der Waals surface area contributed by atoms with Crippen molar-refractivity contribution >= 4 is 5.91 Å². The van der Waals surface area contributed by atoms with Gasteiger partial charge in [0.15, 0.2) is 0 Å². The first-order valence-corrected chi connectivity index (χ1v) is 9.32. The lowest BCUT2D eigenvalue weighted by molar-refractivity contribution is 0.0755. The molecule has 2 atom stereocenters. The summed E-state index contributed by atoms with van der Waals surface area (Å²) >= 11 is 0. The Bertz CT molecular complexity index is 713. The minimum atomic E-state index is 0.0418. The Hall–Kier alpha value is -2.14. The molecular weight excluding hydrogens is 312 g/mol. The predicted octanol–water partition coefficient (Wildman–Crippen LogP) is 2.57. The van der Waals surface area contributed by atoms with Gasteiger partial charge in [-0.15, -0.1) is 0 Å². The van der Waals surface area contributed by atoms with Gasteiger partial charge in [-0.05, 0) is 55.2 Å². The maximum Gasteiger partial charge on any atom is 0.251 e. The molecule has 5 nitrogen and oxygen atoms in total. The van der Waals surface area contributed by atoms with Crippen molar-refractivity contribution in [3.8, 4) is 0 Å². The maximum absolute atomic E-state index is 13.0. The summed E-state index contributed by atoms with van der Waals surface area (Å²) in [5.74, 6) is 1.11. The van der Waals surface area contributed by atoms with Crippen molar-refractivity contribution in [2.45, 2.75) is 50.7 Å². The Morgan fingerprint density at radius 1 is 1.20 bits per heavy atom. The van der Waals surface area contributed by atoms with Crippen molar-refractivity contribution in [2.24, 2.45) is 17.6 Å². The van der Waals surface area contributed by atoms with Crippen LogP contribution in [0.3, 0.4) is 0 Å². The Labute approximate surface area is 148 Å². The summed E-state index contributed by atoms with van der Waals surface area (Å²) < 4.78 is 1.85. The third-order valence-corrected chi connectivity index (χ3v) is 5.83. The van der Waals surface area contributed by atoms with Gasteiger partial charge in [-0.3, -0.25) is 9.48 Å². The zero-order valence-electron chi connectivity index (χ0n) is 14.5. The second-order valence-corrected chi connectivity index (χ2v) is 7.54. The SMILES string of the molecule is NC1CC2CCCC(C1)C2NC(=O)c1ccccc1Cn1cccn1. The van der Waals surface area contributed by atoms with Gasteiger partial charge in [0.05, 0.1) is 6.54 Å². The monoisotopic (exact) mass is 338 g/mol. The van der Waals surface area contributed by atoms with Crippen LogP contribution < -0.4 is 11.1 Å². The predicted molar refractivity (Wildman–Crippen MR) is 97.1 cm³/mol. The number of carbonyl (C=O) groups is 1. The molecule has 2 aromatic rings. The molecule has 25 heavy (non-hydrogen) atoms. The average Bonchev–Trinajstić information content (AvgIpc) is 3.09. The van der Waals surface area contributed by atoms with Crippen molar-refractivity contribution < 1.29 is 4.79 Å². The van der Waals surface area contributed by atoms with E-state index in [-0.39, 0.29) is 11.9 Å². The standard InChI is InChI=1S/C20H26N4O/c21-17-11-14-6-3-7-15(12-17)19(14)23-20(25)18-8-2-1-5-16(18)13-24-10-4-9-22-24/h1-2,4-5,8-10,14-15,17,19H,3,6-7,11-13,21H2,(H,23,25). The first-order valence-electron chi connectivity index (χ1n) is 9.32. The topological polar surface area (TPSA) is 72.9 Å². The highest BCUT2D eigenvalue weighted by atomic mass is 16.1. The summed E-state index contributed by atoms with van der Waals surface area (Å²) in [6.45, 7) is 0.610. The van der Waals surface area contributed by atoms with E-state index in [9.17, 15) is 4.79 Å². The number of aromatic nitrogens is 2. The molecule has 5 heteroatoms. The lowest BCUT2D eigenvalue weighted by Gasteiger charge is -2.45. The Balaban J connectivity index is 1.51. The second kappa shape index (κ2) is 7.00. The number of nitrogens with zero attached hydrogens (tertiary/aromatic N) is 2. The van der Waals surface area contributed by atoms with Crippen molar-refractivity contribution in [1.29, 1.82) is 0 Å². The van der Waals surface area contributed by atoms with E-state index < -0.39 is 0 Å². The third-order valence-electron chi connectivity index (χ3n) is 5.83. The summed E-state index contributed by atoms with van der Waals surface area (Å²) in [6, 6.07) is 10.3. The van der Waals surface area contributed by atoms with Crippen LogP contribution in [0.1, 0.15) is 48.0 Å². The van der Waals surface area contributed by atoms with Crippen LogP contribution in [0.25, 0.3) is 0 Å². The largest absolute Gasteiger partial charge is 0.349 e. The minimum Gasteiger partial charge on any atom is -0.349 e. The van der Waals surface area contributed by atoms with Gasteiger partial charge in [0.2, 0.25) is 0 Å². The van der Waals surface area contributed by atoms with Crippen molar-refractivity contribution in [3.63, 3.8) is 0 Å². The van der Waals surface area contributed by atoms with Gasteiger partial charge in [0.25, 0.3) is 5.91 Å². The van der Waals surface area contributed by atoms with Crippen LogP contribution >= 0.6 is 0 Å². The first kappa shape index (κ1) is 16.3. The molecule has 0 radical (unpaired) electrons. The second-order valence-electron chi connectivity index (χ2n) is 7.54. The van der Waals surface area contributed by atoms with E-state index >= 15 is 0 Å². The number of carbonyl (C=O) groups excluding carboxylic acids is 1. The maximum atomic E-state index is 13.0. The van der Waals surface area contributed by atoms with Crippen molar-refractivity contribution in [3.05, 3.63) is 53.9 Å². The molecule has 0 aliphatic heterocycles. The Morgan fingerprint density at radius 2 is 1.96 bits per heavy atom.